The van der Waals surface area contributed by atoms with E-state index >= 15 is 0 Å². The summed E-state index contributed by atoms with van der Waals surface area (Å²) < 4.78 is 5.72. The molecule has 0 amide bonds. The fourth-order valence-electron chi connectivity index (χ4n) is 2.65. The van der Waals surface area contributed by atoms with E-state index in [4.69, 9.17) is 10.5 Å². The summed E-state index contributed by atoms with van der Waals surface area (Å²) in [5.74, 6) is 2.73. The minimum absolute atomic E-state index is 0.103. The number of ether oxygens (including phenoxy) is 1. The molecule has 3 rings (SSSR count). The third-order valence-corrected chi connectivity index (χ3v) is 5.11. The highest BCUT2D eigenvalue weighted by Crippen LogP contribution is 2.37. The molecule has 21 heavy (non-hydrogen) atoms. The first-order valence-electron chi connectivity index (χ1n) is 7.44. The van der Waals surface area contributed by atoms with Crippen LogP contribution in [0, 0.1) is 0 Å². The summed E-state index contributed by atoms with van der Waals surface area (Å²) in [5, 5.41) is 0. The van der Waals surface area contributed by atoms with E-state index in [9.17, 15) is 0 Å². The maximum atomic E-state index is 5.89. The number of rotatable bonds is 4. The number of benzene rings is 2. The van der Waals surface area contributed by atoms with Crippen LogP contribution in [0.25, 0.3) is 0 Å². The van der Waals surface area contributed by atoms with E-state index in [1.807, 2.05) is 24.8 Å². The summed E-state index contributed by atoms with van der Waals surface area (Å²) in [7, 11) is 0. The summed E-state index contributed by atoms with van der Waals surface area (Å²) >= 11 is 1.91. The molecular weight excluding hydrogens is 278 g/mol. The van der Waals surface area contributed by atoms with Crippen molar-refractivity contribution in [1.82, 2.24) is 0 Å². The van der Waals surface area contributed by atoms with Crippen molar-refractivity contribution in [2.75, 3.05) is 12.4 Å². The van der Waals surface area contributed by atoms with Gasteiger partial charge in [-0.1, -0.05) is 30.3 Å². The van der Waals surface area contributed by atoms with Gasteiger partial charge >= 0.3 is 0 Å². The molecular formula is C18H21NOS. The van der Waals surface area contributed by atoms with Gasteiger partial charge in [0.15, 0.2) is 0 Å². The summed E-state index contributed by atoms with van der Waals surface area (Å²) in [6.07, 6.45) is 1.10. The third-order valence-electron chi connectivity index (χ3n) is 3.94. The second-order valence-electron chi connectivity index (χ2n) is 5.54. The van der Waals surface area contributed by atoms with Gasteiger partial charge < -0.3 is 10.5 Å². The maximum absolute atomic E-state index is 5.89. The molecule has 0 fully saturated rings. The zero-order valence-corrected chi connectivity index (χ0v) is 13.1. The van der Waals surface area contributed by atoms with Crippen molar-refractivity contribution in [1.29, 1.82) is 0 Å². The van der Waals surface area contributed by atoms with Crippen LogP contribution >= 0.6 is 11.8 Å². The standard InChI is InChI=1S/C18H21NOS/c1-13(19)14-6-8-16(9-7-14)21-12-15-10-11-20-18-5-3-2-4-17(15)18/h2-9,13,15H,10-12,19H2,1H3. The quantitative estimate of drug-likeness (QED) is 0.852. The van der Waals surface area contributed by atoms with Crippen LogP contribution in [0.15, 0.2) is 53.4 Å². The van der Waals surface area contributed by atoms with Gasteiger partial charge in [-0.05, 0) is 42.7 Å². The maximum Gasteiger partial charge on any atom is 0.122 e. The van der Waals surface area contributed by atoms with Crippen molar-refractivity contribution in [3.05, 3.63) is 59.7 Å². The molecule has 3 heteroatoms. The Bertz CT molecular complexity index is 594. The van der Waals surface area contributed by atoms with Gasteiger partial charge in [0.25, 0.3) is 0 Å². The van der Waals surface area contributed by atoms with Crippen molar-refractivity contribution in [2.24, 2.45) is 5.73 Å². The number of fused-ring (bicyclic) bond motifs is 1. The SMILES string of the molecule is CC(N)c1ccc(SCC2CCOc3ccccc32)cc1. The van der Waals surface area contributed by atoms with Crippen molar-refractivity contribution in [3.63, 3.8) is 0 Å². The highest BCUT2D eigenvalue weighted by molar-refractivity contribution is 7.99. The smallest absolute Gasteiger partial charge is 0.122 e. The fourth-order valence-corrected chi connectivity index (χ4v) is 3.72. The Kier molecular flexibility index (Phi) is 4.51. The van der Waals surface area contributed by atoms with Crippen LogP contribution in [-0.4, -0.2) is 12.4 Å². The van der Waals surface area contributed by atoms with Crippen LogP contribution in [0.2, 0.25) is 0 Å². The van der Waals surface area contributed by atoms with Crippen LogP contribution in [-0.2, 0) is 0 Å². The van der Waals surface area contributed by atoms with E-state index < -0.39 is 0 Å². The summed E-state index contributed by atoms with van der Waals surface area (Å²) in [4.78, 5) is 1.31. The molecule has 0 aliphatic carbocycles. The normalized spacial score (nSPS) is 18.7. The zero-order valence-electron chi connectivity index (χ0n) is 12.3. The first-order valence-corrected chi connectivity index (χ1v) is 8.42. The first kappa shape index (κ1) is 14.5. The average molecular weight is 299 g/mol. The lowest BCUT2D eigenvalue weighted by atomic mass is 9.95. The predicted octanol–water partition coefficient (Wildman–Crippen LogP) is 4.36. The Labute approximate surface area is 130 Å². The molecule has 1 aliphatic heterocycles. The number of hydrogen-bond donors (Lipinski definition) is 1. The minimum atomic E-state index is 0.103. The van der Waals surface area contributed by atoms with E-state index in [0.29, 0.717) is 5.92 Å². The number of hydrogen-bond acceptors (Lipinski definition) is 3. The van der Waals surface area contributed by atoms with Gasteiger partial charge in [-0.3, -0.25) is 0 Å². The second kappa shape index (κ2) is 6.54. The lowest BCUT2D eigenvalue weighted by Gasteiger charge is -2.25. The van der Waals surface area contributed by atoms with Gasteiger partial charge in [0.05, 0.1) is 6.61 Å². The molecule has 0 saturated heterocycles. The fraction of sp³-hybridized carbons (Fsp3) is 0.333. The van der Waals surface area contributed by atoms with Gasteiger partial charge in [0.1, 0.15) is 5.75 Å². The number of para-hydroxylation sites is 1. The molecule has 0 bridgehead atoms. The van der Waals surface area contributed by atoms with Gasteiger partial charge in [-0.15, -0.1) is 11.8 Å². The van der Waals surface area contributed by atoms with E-state index in [0.717, 1.165) is 24.5 Å². The molecule has 0 aromatic heterocycles. The molecule has 2 unspecified atom stereocenters. The molecule has 1 heterocycles. The van der Waals surface area contributed by atoms with Gasteiger partial charge in [0.2, 0.25) is 0 Å². The topological polar surface area (TPSA) is 35.2 Å². The van der Waals surface area contributed by atoms with E-state index in [-0.39, 0.29) is 6.04 Å². The Morgan fingerprint density at radius 2 is 1.95 bits per heavy atom. The number of thioether (sulfide) groups is 1. The summed E-state index contributed by atoms with van der Waals surface area (Å²) in [6, 6.07) is 17.1. The van der Waals surface area contributed by atoms with Crippen LogP contribution in [0.3, 0.4) is 0 Å². The third kappa shape index (κ3) is 3.42. The molecule has 0 saturated carbocycles. The van der Waals surface area contributed by atoms with Gasteiger partial charge in [-0.25, -0.2) is 0 Å². The van der Waals surface area contributed by atoms with Crippen LogP contribution in [0.4, 0.5) is 0 Å². The zero-order chi connectivity index (χ0) is 14.7. The molecule has 2 aromatic rings. The monoisotopic (exact) mass is 299 g/mol. The molecule has 2 N–H and O–H groups in total. The summed E-state index contributed by atoms with van der Waals surface area (Å²) in [6.45, 7) is 2.84. The first-order chi connectivity index (χ1) is 10.2. The highest BCUT2D eigenvalue weighted by Gasteiger charge is 2.20. The minimum Gasteiger partial charge on any atom is -0.493 e. The predicted molar refractivity (Wildman–Crippen MR) is 89.1 cm³/mol. The Balaban J connectivity index is 1.66. The Morgan fingerprint density at radius 1 is 1.19 bits per heavy atom. The second-order valence-corrected chi connectivity index (χ2v) is 6.63. The van der Waals surface area contributed by atoms with Gasteiger partial charge in [-0.2, -0.15) is 0 Å². The molecule has 0 spiro atoms. The average Bonchev–Trinajstić information content (AvgIpc) is 2.53. The largest absolute Gasteiger partial charge is 0.493 e. The van der Waals surface area contributed by atoms with Gasteiger partial charge in [0, 0.05) is 22.6 Å². The Hall–Kier alpha value is -1.45. The molecule has 1 aliphatic rings. The summed E-state index contributed by atoms with van der Waals surface area (Å²) in [5.41, 5.74) is 8.43. The Morgan fingerprint density at radius 3 is 2.71 bits per heavy atom. The lowest BCUT2D eigenvalue weighted by Crippen LogP contribution is -2.15. The van der Waals surface area contributed by atoms with Crippen LogP contribution in [0.5, 0.6) is 5.75 Å². The molecule has 0 radical (unpaired) electrons. The highest BCUT2D eigenvalue weighted by atomic mass is 32.2. The molecule has 110 valence electrons. The van der Waals surface area contributed by atoms with Crippen LogP contribution in [0.1, 0.15) is 36.4 Å². The molecule has 2 nitrogen and oxygen atoms in total. The van der Waals surface area contributed by atoms with Crippen LogP contribution < -0.4 is 10.5 Å². The van der Waals surface area contributed by atoms with E-state index in [1.165, 1.54) is 16.0 Å². The van der Waals surface area contributed by atoms with Crippen molar-refractivity contribution in [2.45, 2.75) is 30.2 Å². The number of nitrogens with two attached hydrogens (primary N) is 1. The van der Waals surface area contributed by atoms with Crippen molar-refractivity contribution in [3.8, 4) is 5.75 Å². The van der Waals surface area contributed by atoms with E-state index in [2.05, 4.69) is 42.5 Å². The lowest BCUT2D eigenvalue weighted by molar-refractivity contribution is 0.273. The van der Waals surface area contributed by atoms with Crippen molar-refractivity contribution >= 4 is 11.8 Å². The van der Waals surface area contributed by atoms with E-state index in [1.54, 1.807) is 0 Å². The van der Waals surface area contributed by atoms with Crippen molar-refractivity contribution < 1.29 is 4.74 Å². The molecule has 2 atom stereocenters. The molecule has 2 aromatic carbocycles.